The molecule has 2 aromatic heterocycles. The van der Waals surface area contributed by atoms with Gasteiger partial charge >= 0.3 is 0 Å². The fraction of sp³-hybridized carbons (Fsp3) is 0.278. The van der Waals surface area contributed by atoms with E-state index in [9.17, 15) is 9.00 Å². The normalized spacial score (nSPS) is 12.0. The molecule has 0 bridgehead atoms. The topological polar surface area (TPSA) is 97.6 Å². The van der Waals surface area contributed by atoms with Crippen LogP contribution >= 0.6 is 0 Å². The molecule has 9 heteroatoms. The van der Waals surface area contributed by atoms with Gasteiger partial charge in [0.15, 0.2) is 16.7 Å². The van der Waals surface area contributed by atoms with Gasteiger partial charge in [0.1, 0.15) is 16.8 Å². The van der Waals surface area contributed by atoms with Crippen LogP contribution in [0.5, 0.6) is 5.88 Å². The lowest BCUT2D eigenvalue weighted by Gasteiger charge is -2.11. The fourth-order valence-corrected chi connectivity index (χ4v) is 3.65. The lowest BCUT2D eigenvalue weighted by atomic mass is 10.2. The van der Waals surface area contributed by atoms with E-state index in [-0.39, 0.29) is 16.5 Å². The first-order valence-corrected chi connectivity index (χ1v) is 9.41. The molecule has 1 amide bonds. The van der Waals surface area contributed by atoms with Gasteiger partial charge in [0.2, 0.25) is 5.88 Å². The number of nitrogens with one attached hydrogen (secondary N) is 1. The first kappa shape index (κ1) is 18.8. The molecule has 0 aliphatic heterocycles. The molecule has 1 unspecified atom stereocenters. The minimum atomic E-state index is -1.89. The van der Waals surface area contributed by atoms with Crippen molar-refractivity contribution in [2.45, 2.75) is 18.2 Å². The highest BCUT2D eigenvalue weighted by Gasteiger charge is 2.22. The van der Waals surface area contributed by atoms with E-state index in [2.05, 4.69) is 14.7 Å². The lowest BCUT2D eigenvalue weighted by Crippen LogP contribution is -2.26. The van der Waals surface area contributed by atoms with Crippen LogP contribution in [0.4, 0.5) is 5.69 Å². The highest BCUT2D eigenvalue weighted by atomic mass is 32.2. The Balaban J connectivity index is 1.87. The second kappa shape index (κ2) is 7.75. The third-order valence-corrected chi connectivity index (χ3v) is 5.14. The van der Waals surface area contributed by atoms with Crippen molar-refractivity contribution < 1.29 is 18.2 Å². The Hall–Kier alpha value is -2.94. The molecule has 8 nitrogen and oxygen atoms in total. The zero-order valence-electron chi connectivity index (χ0n) is 15.5. The Morgan fingerprint density at radius 2 is 2.07 bits per heavy atom. The number of rotatable bonds is 6. The number of fused-ring (bicyclic) bond motifs is 1. The van der Waals surface area contributed by atoms with E-state index in [4.69, 9.17) is 9.15 Å². The van der Waals surface area contributed by atoms with Crippen LogP contribution in [0.1, 0.15) is 23.2 Å². The second-order valence-corrected chi connectivity index (χ2v) is 7.09. The Morgan fingerprint density at radius 3 is 2.74 bits per heavy atom. The largest absolute Gasteiger partial charge is 0.480 e. The van der Waals surface area contributed by atoms with Crippen LogP contribution in [0, 0.1) is 0 Å². The van der Waals surface area contributed by atoms with Gasteiger partial charge < -0.3 is 14.1 Å². The fourth-order valence-electron chi connectivity index (χ4n) is 2.57. The number of anilines is 1. The number of ether oxygens (including phenoxy) is 1. The highest BCUT2D eigenvalue weighted by Crippen LogP contribution is 2.25. The average molecular weight is 388 g/mol. The minimum absolute atomic E-state index is 0.0723. The maximum atomic E-state index is 12.7. The molecular formula is C18H20N4O4S. The third kappa shape index (κ3) is 3.77. The Kier molecular flexibility index (Phi) is 5.41. The summed E-state index contributed by atoms with van der Waals surface area (Å²) in [6, 6.07) is 7.25. The number of furan rings is 1. The van der Waals surface area contributed by atoms with Crippen LogP contribution in [0.3, 0.4) is 0 Å². The number of methoxy groups -OCH3 is 1. The average Bonchev–Trinajstić information content (AvgIpc) is 3.10. The van der Waals surface area contributed by atoms with E-state index >= 15 is 0 Å². The Labute approximate surface area is 159 Å². The molecule has 0 saturated carbocycles. The predicted molar refractivity (Wildman–Crippen MR) is 102 cm³/mol. The van der Waals surface area contributed by atoms with E-state index in [1.807, 2.05) is 44.1 Å². The van der Waals surface area contributed by atoms with Gasteiger partial charge in [0.25, 0.3) is 5.91 Å². The van der Waals surface area contributed by atoms with Gasteiger partial charge in [-0.25, -0.2) is 14.2 Å². The van der Waals surface area contributed by atoms with Crippen molar-refractivity contribution in [2.75, 3.05) is 26.1 Å². The molecule has 1 aromatic carbocycles. The molecule has 1 N–H and O–H groups in total. The molecule has 3 aromatic rings. The van der Waals surface area contributed by atoms with Crippen molar-refractivity contribution in [3.63, 3.8) is 0 Å². The van der Waals surface area contributed by atoms with E-state index in [1.54, 1.807) is 6.07 Å². The Bertz CT molecular complexity index is 994. The zero-order chi connectivity index (χ0) is 19.6. The van der Waals surface area contributed by atoms with Crippen molar-refractivity contribution in [2.24, 2.45) is 0 Å². The summed E-state index contributed by atoms with van der Waals surface area (Å²) >= 11 is 0. The number of benzene rings is 1. The molecule has 0 aliphatic rings. The molecule has 27 heavy (non-hydrogen) atoms. The first-order valence-electron chi connectivity index (χ1n) is 8.26. The third-order valence-electron chi connectivity index (χ3n) is 3.99. The van der Waals surface area contributed by atoms with Gasteiger partial charge in [-0.05, 0) is 24.6 Å². The predicted octanol–water partition coefficient (Wildman–Crippen LogP) is 2.31. The van der Waals surface area contributed by atoms with Crippen molar-refractivity contribution in [3.05, 3.63) is 42.0 Å². The molecule has 142 valence electrons. The highest BCUT2D eigenvalue weighted by molar-refractivity contribution is 7.83. The quantitative estimate of drug-likeness (QED) is 0.692. The zero-order valence-corrected chi connectivity index (χ0v) is 16.3. The number of carbonyl (C=O) groups excluding carboxylic acids is 1. The monoisotopic (exact) mass is 388 g/mol. The smallest absolute Gasteiger partial charge is 0.298 e. The number of aromatic nitrogens is 2. The molecule has 0 radical (unpaired) electrons. The van der Waals surface area contributed by atoms with Crippen LogP contribution in [0.15, 0.2) is 39.9 Å². The molecule has 0 aliphatic carbocycles. The first-order chi connectivity index (χ1) is 12.9. The van der Waals surface area contributed by atoms with Gasteiger partial charge in [-0.1, -0.05) is 6.92 Å². The molecule has 0 saturated heterocycles. The van der Waals surface area contributed by atoms with Crippen LogP contribution in [0.2, 0.25) is 0 Å². The van der Waals surface area contributed by atoms with E-state index < -0.39 is 16.9 Å². The summed E-state index contributed by atoms with van der Waals surface area (Å²) in [6.45, 7) is 1.87. The summed E-state index contributed by atoms with van der Waals surface area (Å²) in [5, 5.41) is 0.784. The molecular weight excluding hydrogens is 368 g/mol. The summed E-state index contributed by atoms with van der Waals surface area (Å²) in [6.07, 6.45) is 1.86. The van der Waals surface area contributed by atoms with Gasteiger partial charge in [-0.15, -0.1) is 0 Å². The van der Waals surface area contributed by atoms with Gasteiger partial charge in [0, 0.05) is 31.2 Å². The number of amides is 1. The standard InChI is InChI=1S/C18H20N4O4S/c1-5-13-16(18(25-4)20-10-19-13)27(24)21-17(23)15-8-11-6-7-12(22(2)3)9-14(11)26-15/h6-10H,5H2,1-4H3,(H,21,23). The number of hydrogen-bond acceptors (Lipinski definition) is 7. The van der Waals surface area contributed by atoms with E-state index in [0.29, 0.717) is 17.7 Å². The van der Waals surface area contributed by atoms with Crippen molar-refractivity contribution in [1.82, 2.24) is 14.7 Å². The summed E-state index contributed by atoms with van der Waals surface area (Å²) in [5.41, 5.74) is 2.07. The van der Waals surface area contributed by atoms with Crippen LogP contribution in [-0.2, 0) is 17.4 Å². The summed E-state index contributed by atoms with van der Waals surface area (Å²) < 4.78 is 25.9. The van der Waals surface area contributed by atoms with Crippen molar-refractivity contribution in [3.8, 4) is 5.88 Å². The van der Waals surface area contributed by atoms with Gasteiger partial charge in [0.05, 0.1) is 12.8 Å². The number of nitrogens with zero attached hydrogens (tertiary/aromatic N) is 3. The molecule has 0 fully saturated rings. The summed E-state index contributed by atoms with van der Waals surface area (Å²) in [5.74, 6) is -0.354. The minimum Gasteiger partial charge on any atom is -0.480 e. The van der Waals surface area contributed by atoms with Gasteiger partial charge in [-0.3, -0.25) is 9.52 Å². The van der Waals surface area contributed by atoms with Gasteiger partial charge in [-0.2, -0.15) is 0 Å². The number of hydrogen-bond donors (Lipinski definition) is 1. The summed E-state index contributed by atoms with van der Waals surface area (Å²) in [4.78, 5) is 22.8. The molecule has 1 atom stereocenters. The maximum Gasteiger partial charge on any atom is 0.298 e. The van der Waals surface area contributed by atoms with Crippen LogP contribution < -0.4 is 14.4 Å². The molecule has 3 rings (SSSR count). The van der Waals surface area contributed by atoms with Crippen molar-refractivity contribution >= 4 is 33.5 Å². The van der Waals surface area contributed by atoms with Crippen LogP contribution in [0.25, 0.3) is 11.0 Å². The number of aryl methyl sites for hydroxylation is 1. The van der Waals surface area contributed by atoms with E-state index in [0.717, 1.165) is 11.1 Å². The van der Waals surface area contributed by atoms with Crippen LogP contribution in [-0.4, -0.2) is 41.3 Å². The molecule has 2 heterocycles. The number of carbonyl (C=O) groups is 1. The lowest BCUT2D eigenvalue weighted by molar-refractivity contribution is 0.0958. The molecule has 0 spiro atoms. The maximum absolute atomic E-state index is 12.7. The van der Waals surface area contributed by atoms with Crippen molar-refractivity contribution in [1.29, 1.82) is 0 Å². The van der Waals surface area contributed by atoms with E-state index in [1.165, 1.54) is 13.4 Å². The Morgan fingerprint density at radius 1 is 1.30 bits per heavy atom. The second-order valence-electron chi connectivity index (χ2n) is 5.94. The summed E-state index contributed by atoms with van der Waals surface area (Å²) in [7, 11) is 3.37. The SMILES string of the molecule is CCc1ncnc(OC)c1S(=O)NC(=O)c1cc2ccc(N(C)C)cc2o1.